The van der Waals surface area contributed by atoms with E-state index in [9.17, 15) is 9.18 Å². The van der Waals surface area contributed by atoms with Crippen LogP contribution in [0.5, 0.6) is 0 Å². The van der Waals surface area contributed by atoms with Crippen molar-refractivity contribution in [2.24, 2.45) is 0 Å². The number of carbonyl (C=O) groups is 1. The second kappa shape index (κ2) is 7.96. The molecule has 3 rings (SSSR count). The third-order valence-electron chi connectivity index (χ3n) is 5.72. The molecule has 0 aromatic carbocycles. The Bertz CT molecular complexity index is 802. The van der Waals surface area contributed by atoms with E-state index in [0.717, 1.165) is 12.8 Å². The number of hydrogen-bond acceptors (Lipinski definition) is 6. The second-order valence-corrected chi connectivity index (χ2v) is 9.95. The summed E-state index contributed by atoms with van der Waals surface area (Å²) in [6.45, 7) is 14.1. The summed E-state index contributed by atoms with van der Waals surface area (Å²) in [5.41, 5.74) is -1.97. The normalized spacial score (nSPS) is 23.9. The first-order valence-corrected chi connectivity index (χ1v) is 10.4. The number of hydrogen-bond donors (Lipinski definition) is 0. The van der Waals surface area contributed by atoms with Crippen LogP contribution in [-0.2, 0) is 20.6 Å². The number of halogens is 1. The van der Waals surface area contributed by atoms with Gasteiger partial charge in [-0.15, -0.1) is 5.10 Å². The molecule has 0 spiro atoms. The number of aromatic nitrogens is 3. The Morgan fingerprint density at radius 2 is 1.97 bits per heavy atom. The summed E-state index contributed by atoms with van der Waals surface area (Å²) in [5, 5.41) is 8.10. The second-order valence-electron chi connectivity index (χ2n) is 9.95. The number of rotatable bonds is 4. The lowest BCUT2D eigenvalue weighted by atomic mass is 9.87. The molecule has 0 bridgehead atoms. The van der Waals surface area contributed by atoms with Crippen molar-refractivity contribution in [1.29, 1.82) is 0 Å². The van der Waals surface area contributed by atoms with Gasteiger partial charge in [0.1, 0.15) is 17.0 Å². The zero-order chi connectivity index (χ0) is 22.3. The molecule has 0 N–H and O–H groups in total. The first-order valence-electron chi connectivity index (χ1n) is 10.4. The molecule has 0 radical (unpaired) electrons. The molecule has 1 atom stereocenters. The molecule has 30 heavy (non-hydrogen) atoms. The van der Waals surface area contributed by atoms with Gasteiger partial charge in [-0.3, -0.25) is 0 Å². The number of likely N-dealkylation sites (tertiary alicyclic amines) is 1. The minimum absolute atomic E-state index is 0.0358. The maximum absolute atomic E-state index is 14.7. The van der Waals surface area contributed by atoms with Crippen molar-refractivity contribution in [2.75, 3.05) is 6.54 Å². The van der Waals surface area contributed by atoms with Crippen LogP contribution in [-0.4, -0.2) is 62.5 Å². The van der Waals surface area contributed by atoms with E-state index in [-0.39, 0.29) is 12.1 Å². The highest BCUT2D eigenvalue weighted by molar-refractivity contribution is 6.54. The van der Waals surface area contributed by atoms with Crippen LogP contribution in [0.2, 0.25) is 0 Å². The summed E-state index contributed by atoms with van der Waals surface area (Å²) < 4.78 is 33.2. The third-order valence-corrected chi connectivity index (χ3v) is 5.72. The lowest BCUT2D eigenvalue weighted by Crippen LogP contribution is -2.41. The van der Waals surface area contributed by atoms with Gasteiger partial charge in [0.25, 0.3) is 0 Å². The molecule has 1 aromatic heterocycles. The van der Waals surface area contributed by atoms with Crippen LogP contribution in [0.1, 0.15) is 67.0 Å². The SMILES string of the molecule is CC(C)(C)OC(=O)N1CCCC1Cn1cc(C=C(F)B2OC(C)(C)C(C)(C)O2)nn1. The minimum Gasteiger partial charge on any atom is -0.444 e. The molecule has 1 amide bonds. The van der Waals surface area contributed by atoms with Gasteiger partial charge in [-0.25, -0.2) is 13.9 Å². The Morgan fingerprint density at radius 3 is 2.57 bits per heavy atom. The molecule has 166 valence electrons. The fraction of sp³-hybridized carbons (Fsp3) is 0.750. The summed E-state index contributed by atoms with van der Waals surface area (Å²) in [6.07, 6.45) is 4.36. The van der Waals surface area contributed by atoms with Crippen LogP contribution < -0.4 is 0 Å². The van der Waals surface area contributed by atoms with Crippen LogP contribution in [0, 0.1) is 0 Å². The number of nitrogens with zero attached hydrogens (tertiary/aromatic N) is 4. The van der Waals surface area contributed by atoms with Gasteiger partial charge in [0, 0.05) is 6.54 Å². The van der Waals surface area contributed by atoms with Crippen LogP contribution in [0.4, 0.5) is 9.18 Å². The van der Waals surface area contributed by atoms with Crippen LogP contribution in [0.25, 0.3) is 6.08 Å². The maximum atomic E-state index is 14.7. The Balaban J connectivity index is 1.64. The molecule has 2 fully saturated rings. The van der Waals surface area contributed by atoms with Crippen LogP contribution in [0.3, 0.4) is 0 Å². The van der Waals surface area contributed by atoms with Gasteiger partial charge in [0.2, 0.25) is 0 Å². The summed E-state index contributed by atoms with van der Waals surface area (Å²) in [6, 6.07) is -0.0358. The van der Waals surface area contributed by atoms with Crippen molar-refractivity contribution in [3.63, 3.8) is 0 Å². The highest BCUT2D eigenvalue weighted by atomic mass is 19.1. The predicted octanol–water partition coefficient (Wildman–Crippen LogP) is 3.62. The van der Waals surface area contributed by atoms with Crippen molar-refractivity contribution in [2.45, 2.75) is 90.7 Å². The molecule has 2 saturated heterocycles. The fourth-order valence-corrected chi connectivity index (χ4v) is 3.44. The predicted molar refractivity (Wildman–Crippen MR) is 111 cm³/mol. The molecule has 0 saturated carbocycles. The molecular formula is C20H32BFN4O4. The van der Waals surface area contributed by atoms with Crippen molar-refractivity contribution < 1.29 is 23.2 Å². The smallest absolute Gasteiger partial charge is 0.444 e. The molecule has 3 heterocycles. The first kappa shape index (κ1) is 22.7. The first-order chi connectivity index (χ1) is 13.8. The molecule has 8 nitrogen and oxygen atoms in total. The van der Waals surface area contributed by atoms with Gasteiger partial charge in [-0.2, -0.15) is 0 Å². The fourth-order valence-electron chi connectivity index (χ4n) is 3.44. The van der Waals surface area contributed by atoms with Gasteiger partial charge >= 0.3 is 13.2 Å². The van der Waals surface area contributed by atoms with Gasteiger partial charge < -0.3 is 18.9 Å². The van der Waals surface area contributed by atoms with E-state index in [1.807, 2.05) is 48.5 Å². The van der Waals surface area contributed by atoms with E-state index in [1.165, 1.54) is 6.08 Å². The summed E-state index contributed by atoms with van der Waals surface area (Å²) in [7, 11) is -1.07. The third kappa shape index (κ3) is 5.03. The van der Waals surface area contributed by atoms with Gasteiger partial charge in [-0.1, -0.05) is 5.21 Å². The Hall–Kier alpha value is -1.94. The number of carbonyl (C=O) groups excluding carboxylic acids is 1. The quantitative estimate of drug-likeness (QED) is 0.690. The largest absolute Gasteiger partial charge is 0.525 e. The lowest BCUT2D eigenvalue weighted by Gasteiger charge is -2.32. The molecule has 1 aromatic rings. The molecule has 2 aliphatic heterocycles. The average molecular weight is 422 g/mol. The highest BCUT2D eigenvalue weighted by Gasteiger charge is 2.53. The van der Waals surface area contributed by atoms with Crippen molar-refractivity contribution in [3.8, 4) is 0 Å². The standard InChI is InChI=1S/C20H32BFN4O4/c1-18(2,3)28-17(27)26-10-8-9-15(26)13-25-12-14(23-24-25)11-16(22)21-29-19(4,5)20(6,7)30-21/h11-12,15H,8-10,13H2,1-7H3. The molecule has 1 unspecified atom stereocenters. The molecule has 2 aliphatic rings. The van der Waals surface area contributed by atoms with Crippen molar-refractivity contribution >= 4 is 19.3 Å². The van der Waals surface area contributed by atoms with Gasteiger partial charge in [-0.05, 0) is 67.4 Å². The van der Waals surface area contributed by atoms with E-state index >= 15 is 0 Å². The van der Waals surface area contributed by atoms with Crippen LogP contribution in [0.15, 0.2) is 11.9 Å². The Kier molecular flexibility index (Phi) is 6.03. The Morgan fingerprint density at radius 1 is 1.33 bits per heavy atom. The monoisotopic (exact) mass is 422 g/mol. The average Bonchev–Trinajstić information content (AvgIpc) is 3.26. The summed E-state index contributed by atoms with van der Waals surface area (Å²) in [5.74, 6) is 0. The Labute approximate surface area is 177 Å². The van der Waals surface area contributed by atoms with Gasteiger partial charge in [0.15, 0.2) is 0 Å². The van der Waals surface area contributed by atoms with E-state index in [2.05, 4.69) is 10.3 Å². The maximum Gasteiger partial charge on any atom is 0.525 e. The van der Waals surface area contributed by atoms with E-state index < -0.39 is 29.6 Å². The van der Waals surface area contributed by atoms with Gasteiger partial charge in [0.05, 0.1) is 30.0 Å². The van der Waals surface area contributed by atoms with E-state index in [4.69, 9.17) is 14.0 Å². The molecule has 10 heteroatoms. The van der Waals surface area contributed by atoms with Crippen LogP contribution >= 0.6 is 0 Å². The molecule has 0 aliphatic carbocycles. The highest BCUT2D eigenvalue weighted by Crippen LogP contribution is 2.39. The zero-order valence-electron chi connectivity index (χ0n) is 18.9. The van der Waals surface area contributed by atoms with Crippen molar-refractivity contribution in [3.05, 3.63) is 17.6 Å². The number of amides is 1. The molecular weight excluding hydrogens is 390 g/mol. The van der Waals surface area contributed by atoms with Crippen molar-refractivity contribution in [1.82, 2.24) is 19.9 Å². The summed E-state index contributed by atoms with van der Waals surface area (Å²) in [4.78, 5) is 14.2. The zero-order valence-corrected chi connectivity index (χ0v) is 18.9. The topological polar surface area (TPSA) is 78.7 Å². The lowest BCUT2D eigenvalue weighted by molar-refractivity contribution is 0.00578. The number of ether oxygens (including phenoxy) is 1. The minimum atomic E-state index is -1.07. The van der Waals surface area contributed by atoms with E-state index in [0.29, 0.717) is 18.8 Å². The summed E-state index contributed by atoms with van der Waals surface area (Å²) >= 11 is 0. The van der Waals surface area contributed by atoms with E-state index in [1.54, 1.807) is 15.8 Å².